The fourth-order valence-corrected chi connectivity index (χ4v) is 2.08. The van der Waals surface area contributed by atoms with E-state index in [0.29, 0.717) is 0 Å². The van der Waals surface area contributed by atoms with Gasteiger partial charge in [-0.05, 0) is 24.5 Å². The SMILES string of the molecule is C=CCN1CCc2ccc(C)cc2C1. The summed E-state index contributed by atoms with van der Waals surface area (Å²) in [6, 6.07) is 6.79. The molecule has 2 rings (SSSR count). The van der Waals surface area contributed by atoms with Gasteiger partial charge in [-0.2, -0.15) is 0 Å². The first-order valence-corrected chi connectivity index (χ1v) is 5.21. The molecule has 0 saturated carbocycles. The first kappa shape index (κ1) is 9.47. The van der Waals surface area contributed by atoms with E-state index in [2.05, 4.69) is 36.6 Å². The van der Waals surface area contributed by atoms with Gasteiger partial charge in [0.2, 0.25) is 0 Å². The molecule has 0 amide bonds. The molecule has 0 radical (unpaired) electrons. The van der Waals surface area contributed by atoms with Crippen LogP contribution in [0.3, 0.4) is 0 Å². The summed E-state index contributed by atoms with van der Waals surface area (Å²) >= 11 is 0. The fourth-order valence-electron chi connectivity index (χ4n) is 2.08. The molecule has 1 aromatic rings. The molecule has 1 heterocycles. The van der Waals surface area contributed by atoms with Gasteiger partial charge in [0.05, 0.1) is 0 Å². The van der Waals surface area contributed by atoms with E-state index in [9.17, 15) is 0 Å². The van der Waals surface area contributed by atoms with Crippen molar-refractivity contribution >= 4 is 0 Å². The van der Waals surface area contributed by atoms with E-state index >= 15 is 0 Å². The normalized spacial score (nSPS) is 16.4. The van der Waals surface area contributed by atoms with Crippen molar-refractivity contribution in [3.63, 3.8) is 0 Å². The molecule has 0 saturated heterocycles. The van der Waals surface area contributed by atoms with E-state index < -0.39 is 0 Å². The molecular weight excluding hydrogens is 170 g/mol. The van der Waals surface area contributed by atoms with Gasteiger partial charge in [-0.15, -0.1) is 6.58 Å². The third-order valence-electron chi connectivity index (χ3n) is 2.84. The number of fused-ring (bicyclic) bond motifs is 1. The molecule has 1 nitrogen and oxygen atoms in total. The van der Waals surface area contributed by atoms with Crippen molar-refractivity contribution in [3.05, 3.63) is 47.5 Å². The predicted molar refractivity (Wildman–Crippen MR) is 60.4 cm³/mol. The van der Waals surface area contributed by atoms with Gasteiger partial charge in [0.1, 0.15) is 0 Å². The second-order valence-corrected chi connectivity index (χ2v) is 4.05. The zero-order valence-corrected chi connectivity index (χ0v) is 8.79. The standard InChI is InChI=1S/C13H17N/c1-3-7-14-8-6-12-5-4-11(2)9-13(12)10-14/h3-5,9H,1,6-8,10H2,2H3. The Morgan fingerprint density at radius 2 is 2.29 bits per heavy atom. The number of hydrogen-bond donors (Lipinski definition) is 0. The van der Waals surface area contributed by atoms with Crippen LogP contribution in [-0.2, 0) is 13.0 Å². The fraction of sp³-hybridized carbons (Fsp3) is 0.385. The summed E-state index contributed by atoms with van der Waals surface area (Å²) in [4.78, 5) is 2.44. The summed E-state index contributed by atoms with van der Waals surface area (Å²) in [5, 5.41) is 0. The lowest BCUT2D eigenvalue weighted by atomic mass is 9.98. The van der Waals surface area contributed by atoms with Crippen LogP contribution in [0.1, 0.15) is 16.7 Å². The predicted octanol–water partition coefficient (Wildman–Crippen LogP) is 2.54. The molecule has 0 N–H and O–H groups in total. The molecular formula is C13H17N. The number of nitrogens with zero attached hydrogens (tertiary/aromatic N) is 1. The van der Waals surface area contributed by atoms with Crippen molar-refractivity contribution in [1.29, 1.82) is 0 Å². The zero-order valence-electron chi connectivity index (χ0n) is 8.79. The average Bonchev–Trinajstić information content (AvgIpc) is 2.17. The van der Waals surface area contributed by atoms with Gasteiger partial charge in [-0.25, -0.2) is 0 Å². The quantitative estimate of drug-likeness (QED) is 0.643. The molecule has 0 unspecified atom stereocenters. The number of aryl methyl sites for hydroxylation is 1. The Morgan fingerprint density at radius 1 is 1.43 bits per heavy atom. The van der Waals surface area contributed by atoms with E-state index in [1.165, 1.54) is 29.7 Å². The maximum absolute atomic E-state index is 3.79. The summed E-state index contributed by atoms with van der Waals surface area (Å²) in [6.07, 6.45) is 3.17. The third kappa shape index (κ3) is 1.88. The van der Waals surface area contributed by atoms with Crippen LogP contribution in [0.5, 0.6) is 0 Å². The van der Waals surface area contributed by atoms with Gasteiger partial charge in [0.25, 0.3) is 0 Å². The molecule has 74 valence electrons. The smallest absolute Gasteiger partial charge is 0.0240 e. The summed E-state index contributed by atoms with van der Waals surface area (Å²) in [7, 11) is 0. The zero-order chi connectivity index (χ0) is 9.97. The van der Waals surface area contributed by atoms with Gasteiger partial charge < -0.3 is 0 Å². The van der Waals surface area contributed by atoms with Crippen LogP contribution in [0.4, 0.5) is 0 Å². The first-order valence-electron chi connectivity index (χ1n) is 5.21. The maximum atomic E-state index is 3.79. The number of benzene rings is 1. The van der Waals surface area contributed by atoms with Crippen LogP contribution >= 0.6 is 0 Å². The second kappa shape index (κ2) is 3.97. The minimum atomic E-state index is 1.01. The van der Waals surface area contributed by atoms with E-state index in [1.54, 1.807) is 0 Å². The third-order valence-corrected chi connectivity index (χ3v) is 2.84. The molecule has 1 aliphatic rings. The molecule has 0 bridgehead atoms. The first-order chi connectivity index (χ1) is 6.79. The highest BCUT2D eigenvalue weighted by Crippen LogP contribution is 2.19. The molecule has 0 aliphatic carbocycles. The van der Waals surface area contributed by atoms with Gasteiger partial charge in [0, 0.05) is 19.6 Å². The van der Waals surface area contributed by atoms with Crippen LogP contribution in [-0.4, -0.2) is 18.0 Å². The largest absolute Gasteiger partial charge is 0.295 e. The lowest BCUT2D eigenvalue weighted by Crippen LogP contribution is -2.30. The highest BCUT2D eigenvalue weighted by Gasteiger charge is 2.14. The van der Waals surface area contributed by atoms with E-state index in [0.717, 1.165) is 13.1 Å². The van der Waals surface area contributed by atoms with Crippen LogP contribution in [0.25, 0.3) is 0 Å². The van der Waals surface area contributed by atoms with Gasteiger partial charge in [-0.3, -0.25) is 4.90 Å². The lowest BCUT2D eigenvalue weighted by molar-refractivity contribution is 0.282. The number of rotatable bonds is 2. The van der Waals surface area contributed by atoms with Gasteiger partial charge >= 0.3 is 0 Å². The van der Waals surface area contributed by atoms with Crippen molar-refractivity contribution in [2.45, 2.75) is 19.9 Å². The Balaban J connectivity index is 2.20. The van der Waals surface area contributed by atoms with Crippen molar-refractivity contribution in [3.8, 4) is 0 Å². The Hall–Kier alpha value is -1.08. The highest BCUT2D eigenvalue weighted by atomic mass is 15.1. The average molecular weight is 187 g/mol. The number of hydrogen-bond acceptors (Lipinski definition) is 1. The van der Waals surface area contributed by atoms with Crippen LogP contribution in [0.2, 0.25) is 0 Å². The van der Waals surface area contributed by atoms with Crippen LogP contribution < -0.4 is 0 Å². The topological polar surface area (TPSA) is 3.24 Å². The molecule has 0 atom stereocenters. The van der Waals surface area contributed by atoms with E-state index in [-0.39, 0.29) is 0 Å². The van der Waals surface area contributed by atoms with E-state index in [1.807, 2.05) is 6.08 Å². The maximum Gasteiger partial charge on any atom is 0.0240 e. The molecule has 1 aliphatic heterocycles. The minimum absolute atomic E-state index is 1.01. The Kier molecular flexibility index (Phi) is 2.69. The van der Waals surface area contributed by atoms with Crippen molar-refractivity contribution in [2.24, 2.45) is 0 Å². The molecule has 14 heavy (non-hydrogen) atoms. The van der Waals surface area contributed by atoms with Crippen LogP contribution in [0.15, 0.2) is 30.9 Å². The highest BCUT2D eigenvalue weighted by molar-refractivity contribution is 5.33. The lowest BCUT2D eigenvalue weighted by Gasteiger charge is -2.27. The monoisotopic (exact) mass is 187 g/mol. The Morgan fingerprint density at radius 3 is 3.07 bits per heavy atom. The minimum Gasteiger partial charge on any atom is -0.295 e. The van der Waals surface area contributed by atoms with E-state index in [4.69, 9.17) is 0 Å². The second-order valence-electron chi connectivity index (χ2n) is 4.05. The van der Waals surface area contributed by atoms with Crippen molar-refractivity contribution in [1.82, 2.24) is 4.90 Å². The molecule has 0 fully saturated rings. The Bertz CT molecular complexity index is 341. The van der Waals surface area contributed by atoms with Crippen LogP contribution in [0, 0.1) is 6.92 Å². The summed E-state index contributed by atoms with van der Waals surface area (Å²) in [6.45, 7) is 9.21. The Labute approximate surface area is 86.1 Å². The molecule has 1 aromatic carbocycles. The van der Waals surface area contributed by atoms with Crippen molar-refractivity contribution < 1.29 is 0 Å². The molecule has 0 spiro atoms. The van der Waals surface area contributed by atoms with Crippen molar-refractivity contribution in [2.75, 3.05) is 13.1 Å². The van der Waals surface area contributed by atoms with Gasteiger partial charge in [0.15, 0.2) is 0 Å². The van der Waals surface area contributed by atoms with Gasteiger partial charge in [-0.1, -0.05) is 29.8 Å². The molecule has 0 aromatic heterocycles. The summed E-state index contributed by atoms with van der Waals surface area (Å²) in [5.74, 6) is 0. The summed E-state index contributed by atoms with van der Waals surface area (Å²) in [5.41, 5.74) is 4.39. The molecule has 1 heteroatoms. The summed E-state index contributed by atoms with van der Waals surface area (Å²) < 4.78 is 0.